The Bertz CT molecular complexity index is 548. The van der Waals surface area contributed by atoms with Gasteiger partial charge in [0.15, 0.2) is 0 Å². The van der Waals surface area contributed by atoms with Crippen LogP contribution in [0, 0.1) is 0 Å². The Morgan fingerprint density at radius 3 is 1.50 bits per heavy atom. The number of allylic oxidation sites excluding steroid dienone is 1. The fourth-order valence-electron chi connectivity index (χ4n) is 2.07. The third-order valence-corrected chi connectivity index (χ3v) is 3.24. The molecule has 0 heterocycles. The van der Waals surface area contributed by atoms with Crippen LogP contribution in [-0.4, -0.2) is 6.29 Å². The summed E-state index contributed by atoms with van der Waals surface area (Å²) in [4.78, 5) is 10.9. The lowest BCUT2D eigenvalue weighted by molar-refractivity contribution is -0.104. The first-order chi connectivity index (χ1) is 9.78. The van der Waals surface area contributed by atoms with Gasteiger partial charge in [0.2, 0.25) is 0 Å². The fraction of sp³-hybridized carbons (Fsp3) is 0.118. The molecule has 2 aromatic rings. The zero-order valence-corrected chi connectivity index (χ0v) is 11.3. The van der Waals surface area contributed by atoms with E-state index in [4.69, 9.17) is 11.5 Å². The quantitative estimate of drug-likeness (QED) is 0.644. The summed E-state index contributed by atoms with van der Waals surface area (Å²) in [6.45, 7) is 1.02. The molecule has 0 radical (unpaired) electrons. The predicted molar refractivity (Wildman–Crippen MR) is 81.8 cm³/mol. The van der Waals surface area contributed by atoms with Crippen molar-refractivity contribution in [2.75, 3.05) is 0 Å². The topological polar surface area (TPSA) is 69.1 Å². The number of aldehydes is 1. The molecule has 0 unspecified atom stereocenters. The van der Waals surface area contributed by atoms with Crippen LogP contribution < -0.4 is 11.5 Å². The van der Waals surface area contributed by atoms with Gasteiger partial charge >= 0.3 is 0 Å². The number of benzene rings is 2. The van der Waals surface area contributed by atoms with Gasteiger partial charge in [-0.2, -0.15) is 0 Å². The summed E-state index contributed by atoms with van der Waals surface area (Å²) in [6.07, 6.45) is 2.39. The van der Waals surface area contributed by atoms with Gasteiger partial charge in [-0.3, -0.25) is 4.79 Å². The minimum absolute atomic E-state index is 0.512. The molecule has 3 nitrogen and oxygen atoms in total. The second kappa shape index (κ2) is 6.80. The zero-order chi connectivity index (χ0) is 14.4. The lowest BCUT2D eigenvalue weighted by Gasteiger charge is -2.09. The summed E-state index contributed by atoms with van der Waals surface area (Å²) in [6, 6.07) is 15.8. The van der Waals surface area contributed by atoms with Gasteiger partial charge in [0.05, 0.1) is 0 Å². The number of hydrogen-bond donors (Lipinski definition) is 2. The highest BCUT2D eigenvalue weighted by molar-refractivity contribution is 5.89. The molecule has 0 aliphatic rings. The first-order valence-electron chi connectivity index (χ1n) is 6.52. The smallest absolute Gasteiger partial charge is 0.143 e. The third-order valence-electron chi connectivity index (χ3n) is 3.24. The standard InChI is InChI=1S/C17H18N2O/c18-11-13-1-5-15(6-2-13)17(9-10-20)16-7-3-14(12-19)4-8-16/h1-10H,11-12,18-19H2. The summed E-state index contributed by atoms with van der Waals surface area (Å²) >= 11 is 0. The normalized spacial score (nSPS) is 10.1. The minimum atomic E-state index is 0.512. The zero-order valence-electron chi connectivity index (χ0n) is 11.3. The van der Waals surface area contributed by atoms with E-state index in [1.165, 1.54) is 0 Å². The van der Waals surface area contributed by atoms with Crippen molar-refractivity contribution in [1.29, 1.82) is 0 Å². The average molecular weight is 266 g/mol. The van der Waals surface area contributed by atoms with E-state index in [9.17, 15) is 4.79 Å². The molecule has 0 saturated heterocycles. The maximum absolute atomic E-state index is 10.9. The SMILES string of the molecule is NCc1ccc(C(=CC=O)c2ccc(CN)cc2)cc1. The summed E-state index contributed by atoms with van der Waals surface area (Å²) in [5.74, 6) is 0. The van der Waals surface area contributed by atoms with Crippen LogP contribution >= 0.6 is 0 Å². The van der Waals surface area contributed by atoms with E-state index in [2.05, 4.69) is 0 Å². The van der Waals surface area contributed by atoms with Crippen molar-refractivity contribution >= 4 is 11.9 Å². The highest BCUT2D eigenvalue weighted by Gasteiger charge is 2.05. The van der Waals surface area contributed by atoms with E-state index in [0.717, 1.165) is 34.1 Å². The van der Waals surface area contributed by atoms with Crippen LogP contribution in [0.3, 0.4) is 0 Å². The van der Waals surface area contributed by atoms with Gasteiger partial charge < -0.3 is 11.5 Å². The summed E-state index contributed by atoms with van der Waals surface area (Å²) in [5, 5.41) is 0. The van der Waals surface area contributed by atoms with Crippen molar-refractivity contribution < 1.29 is 4.79 Å². The Labute approximate surface area is 118 Å². The van der Waals surface area contributed by atoms with E-state index in [-0.39, 0.29) is 0 Å². The van der Waals surface area contributed by atoms with Gasteiger partial charge in [-0.25, -0.2) is 0 Å². The Kier molecular flexibility index (Phi) is 4.82. The highest BCUT2D eigenvalue weighted by Crippen LogP contribution is 2.23. The van der Waals surface area contributed by atoms with Crippen LogP contribution in [-0.2, 0) is 17.9 Å². The molecule has 20 heavy (non-hydrogen) atoms. The first kappa shape index (κ1) is 14.2. The van der Waals surface area contributed by atoms with Gasteiger partial charge in [0, 0.05) is 13.1 Å². The number of rotatable bonds is 5. The van der Waals surface area contributed by atoms with Crippen LogP contribution in [0.1, 0.15) is 22.3 Å². The summed E-state index contributed by atoms with van der Waals surface area (Å²) < 4.78 is 0. The molecule has 0 fully saturated rings. The molecule has 2 aromatic carbocycles. The molecular formula is C17H18N2O. The molecule has 0 bridgehead atoms. The van der Waals surface area contributed by atoms with Gasteiger partial charge in [0.1, 0.15) is 6.29 Å². The van der Waals surface area contributed by atoms with Gasteiger partial charge in [-0.05, 0) is 33.9 Å². The summed E-state index contributed by atoms with van der Waals surface area (Å²) in [5.41, 5.74) is 16.2. The van der Waals surface area contributed by atoms with Gasteiger partial charge in [0.25, 0.3) is 0 Å². The third kappa shape index (κ3) is 3.20. The van der Waals surface area contributed by atoms with Crippen molar-refractivity contribution in [3.05, 3.63) is 76.9 Å². The Balaban J connectivity index is 2.39. The van der Waals surface area contributed by atoms with Crippen molar-refractivity contribution in [2.24, 2.45) is 11.5 Å². The second-order valence-electron chi connectivity index (χ2n) is 4.52. The Morgan fingerprint density at radius 1 is 0.800 bits per heavy atom. The largest absolute Gasteiger partial charge is 0.326 e. The molecular weight excluding hydrogens is 248 g/mol. The molecule has 0 saturated carbocycles. The van der Waals surface area contributed by atoms with Crippen LogP contribution in [0.15, 0.2) is 54.6 Å². The highest BCUT2D eigenvalue weighted by atomic mass is 16.1. The molecule has 4 N–H and O–H groups in total. The molecule has 0 atom stereocenters. The number of carbonyl (C=O) groups excluding carboxylic acids is 1. The second-order valence-corrected chi connectivity index (χ2v) is 4.52. The number of nitrogens with two attached hydrogens (primary N) is 2. The number of hydrogen-bond acceptors (Lipinski definition) is 3. The van der Waals surface area contributed by atoms with Crippen molar-refractivity contribution in [3.8, 4) is 0 Å². The van der Waals surface area contributed by atoms with Crippen LogP contribution in [0.2, 0.25) is 0 Å². The van der Waals surface area contributed by atoms with Gasteiger partial charge in [-0.15, -0.1) is 0 Å². The molecule has 0 aliphatic heterocycles. The van der Waals surface area contributed by atoms with Crippen LogP contribution in [0.25, 0.3) is 5.57 Å². The predicted octanol–water partition coefficient (Wildman–Crippen LogP) is 2.23. The lowest BCUT2D eigenvalue weighted by Crippen LogP contribution is -1.98. The lowest BCUT2D eigenvalue weighted by atomic mass is 9.96. The molecule has 2 rings (SSSR count). The summed E-state index contributed by atoms with van der Waals surface area (Å²) in [7, 11) is 0. The minimum Gasteiger partial charge on any atom is -0.326 e. The maximum Gasteiger partial charge on any atom is 0.143 e. The molecule has 0 aromatic heterocycles. The van der Waals surface area contributed by atoms with E-state index in [0.29, 0.717) is 13.1 Å². The van der Waals surface area contributed by atoms with Crippen molar-refractivity contribution in [3.63, 3.8) is 0 Å². The Hall–Kier alpha value is -2.23. The Morgan fingerprint density at radius 2 is 1.20 bits per heavy atom. The number of carbonyl (C=O) groups is 1. The fourth-order valence-corrected chi connectivity index (χ4v) is 2.07. The van der Waals surface area contributed by atoms with E-state index >= 15 is 0 Å². The molecule has 102 valence electrons. The maximum atomic E-state index is 10.9. The first-order valence-corrected chi connectivity index (χ1v) is 6.52. The van der Waals surface area contributed by atoms with E-state index in [1.807, 2.05) is 48.5 Å². The molecule has 0 aliphatic carbocycles. The van der Waals surface area contributed by atoms with E-state index < -0.39 is 0 Å². The molecule has 3 heteroatoms. The van der Waals surface area contributed by atoms with Crippen LogP contribution in [0.4, 0.5) is 0 Å². The van der Waals surface area contributed by atoms with Crippen LogP contribution in [0.5, 0.6) is 0 Å². The van der Waals surface area contributed by atoms with E-state index in [1.54, 1.807) is 6.08 Å². The van der Waals surface area contributed by atoms with Crippen molar-refractivity contribution in [1.82, 2.24) is 0 Å². The monoisotopic (exact) mass is 266 g/mol. The molecule has 0 spiro atoms. The molecule has 0 amide bonds. The van der Waals surface area contributed by atoms with Crippen molar-refractivity contribution in [2.45, 2.75) is 13.1 Å². The van der Waals surface area contributed by atoms with Gasteiger partial charge in [-0.1, -0.05) is 48.5 Å². The average Bonchev–Trinajstić information content (AvgIpc) is 2.53.